The Kier molecular flexibility index (Phi) is 3.79. The Hall–Kier alpha value is -0.830. The molecule has 1 amide bonds. The number of nitrogens with one attached hydrogen (secondary N) is 1. The van der Waals surface area contributed by atoms with Gasteiger partial charge in [-0.25, -0.2) is 0 Å². The average molecular weight is 225 g/mol. The summed E-state index contributed by atoms with van der Waals surface area (Å²) < 4.78 is 0. The second kappa shape index (κ2) is 4.58. The van der Waals surface area contributed by atoms with Crippen LogP contribution in [-0.2, 0) is 4.79 Å². The van der Waals surface area contributed by atoms with Crippen LogP contribution in [0.15, 0.2) is 11.6 Å². The fourth-order valence-corrected chi connectivity index (χ4v) is 1.48. The maximum absolute atomic E-state index is 11.6. The van der Waals surface area contributed by atoms with Crippen molar-refractivity contribution in [1.82, 2.24) is 5.32 Å². The second-order valence-corrected chi connectivity index (χ2v) is 5.87. The number of allylic oxidation sites excluding steroid dienone is 1. The summed E-state index contributed by atoms with van der Waals surface area (Å²) in [4.78, 5) is 11.6. The van der Waals surface area contributed by atoms with Gasteiger partial charge in [-0.1, -0.05) is 26.3 Å². The molecule has 0 atom stereocenters. The van der Waals surface area contributed by atoms with Crippen LogP contribution in [0.25, 0.3) is 0 Å². The van der Waals surface area contributed by atoms with Crippen LogP contribution in [0.5, 0.6) is 0 Å². The van der Waals surface area contributed by atoms with Crippen LogP contribution in [0.4, 0.5) is 0 Å². The summed E-state index contributed by atoms with van der Waals surface area (Å²) in [6.45, 7) is 8.56. The average Bonchev–Trinajstić information content (AvgIpc) is 2.10. The first-order chi connectivity index (χ1) is 7.23. The van der Waals surface area contributed by atoms with Gasteiger partial charge in [0.25, 0.3) is 0 Å². The van der Waals surface area contributed by atoms with Crippen molar-refractivity contribution < 1.29 is 9.90 Å². The molecule has 0 bridgehead atoms. The molecule has 1 saturated carbocycles. The molecule has 0 aliphatic heterocycles. The Balaban J connectivity index is 2.41. The molecule has 0 aromatic carbocycles. The zero-order valence-corrected chi connectivity index (χ0v) is 10.8. The van der Waals surface area contributed by atoms with E-state index in [0.717, 1.165) is 24.8 Å². The van der Waals surface area contributed by atoms with Crippen LogP contribution in [0, 0.1) is 5.41 Å². The van der Waals surface area contributed by atoms with Crippen LogP contribution in [-0.4, -0.2) is 23.2 Å². The van der Waals surface area contributed by atoms with E-state index in [1.807, 2.05) is 6.92 Å². The zero-order chi connectivity index (χ0) is 12.4. The van der Waals surface area contributed by atoms with Gasteiger partial charge in [0.2, 0.25) is 5.91 Å². The molecule has 1 fully saturated rings. The Labute approximate surface area is 97.9 Å². The quantitative estimate of drug-likeness (QED) is 0.722. The molecule has 0 radical (unpaired) electrons. The van der Waals surface area contributed by atoms with Crippen LogP contribution in [0.2, 0.25) is 0 Å². The van der Waals surface area contributed by atoms with Gasteiger partial charge in [-0.05, 0) is 31.6 Å². The SMILES string of the molecule is CC(=CC(=O)NCC1(O)CCC1)C(C)(C)C. The largest absolute Gasteiger partial charge is 0.388 e. The molecular weight excluding hydrogens is 202 g/mol. The predicted octanol–water partition coefficient (Wildman–Crippen LogP) is 2.01. The number of hydrogen-bond donors (Lipinski definition) is 2. The second-order valence-electron chi connectivity index (χ2n) is 5.87. The van der Waals surface area contributed by atoms with Gasteiger partial charge in [-0.15, -0.1) is 0 Å². The molecule has 3 nitrogen and oxygen atoms in total. The van der Waals surface area contributed by atoms with Gasteiger partial charge in [0.15, 0.2) is 0 Å². The van der Waals surface area contributed by atoms with Gasteiger partial charge >= 0.3 is 0 Å². The Morgan fingerprint density at radius 1 is 1.44 bits per heavy atom. The Morgan fingerprint density at radius 2 is 2.00 bits per heavy atom. The number of hydrogen-bond acceptors (Lipinski definition) is 2. The standard InChI is InChI=1S/C13H23NO2/c1-10(12(2,3)4)8-11(15)14-9-13(16)6-5-7-13/h8,16H,5-7,9H2,1-4H3,(H,14,15). The van der Waals surface area contributed by atoms with Crippen molar-refractivity contribution in [1.29, 1.82) is 0 Å². The number of carbonyl (C=O) groups is 1. The van der Waals surface area contributed by atoms with E-state index in [-0.39, 0.29) is 11.3 Å². The fourth-order valence-electron chi connectivity index (χ4n) is 1.48. The van der Waals surface area contributed by atoms with Crippen molar-refractivity contribution in [3.05, 3.63) is 11.6 Å². The highest BCUT2D eigenvalue weighted by atomic mass is 16.3. The summed E-state index contributed by atoms with van der Waals surface area (Å²) in [5.41, 5.74) is 0.426. The van der Waals surface area contributed by atoms with Crippen LogP contribution in [0.3, 0.4) is 0 Å². The molecule has 1 aliphatic carbocycles. The van der Waals surface area contributed by atoms with Crippen molar-refractivity contribution in [2.75, 3.05) is 6.54 Å². The highest BCUT2D eigenvalue weighted by Crippen LogP contribution is 2.30. The summed E-state index contributed by atoms with van der Waals surface area (Å²) in [6.07, 6.45) is 4.29. The third-order valence-corrected chi connectivity index (χ3v) is 3.41. The number of rotatable bonds is 3. The third kappa shape index (κ3) is 3.63. The van der Waals surface area contributed by atoms with Gasteiger partial charge < -0.3 is 10.4 Å². The molecular formula is C13H23NO2. The molecule has 0 saturated heterocycles. The molecule has 16 heavy (non-hydrogen) atoms. The topological polar surface area (TPSA) is 49.3 Å². The minimum absolute atomic E-state index is 0.0186. The fraction of sp³-hybridized carbons (Fsp3) is 0.769. The van der Waals surface area contributed by atoms with E-state index in [1.54, 1.807) is 6.08 Å². The van der Waals surface area contributed by atoms with Crippen LogP contribution < -0.4 is 5.32 Å². The molecule has 1 aliphatic rings. The molecule has 2 N–H and O–H groups in total. The minimum Gasteiger partial charge on any atom is -0.388 e. The van der Waals surface area contributed by atoms with E-state index in [4.69, 9.17) is 0 Å². The number of amides is 1. The van der Waals surface area contributed by atoms with E-state index in [1.165, 1.54) is 0 Å². The van der Waals surface area contributed by atoms with E-state index in [9.17, 15) is 9.90 Å². The first kappa shape index (κ1) is 13.2. The van der Waals surface area contributed by atoms with Crippen molar-refractivity contribution in [2.45, 2.75) is 52.6 Å². The predicted molar refractivity (Wildman–Crippen MR) is 65.0 cm³/mol. The summed E-state index contributed by atoms with van der Waals surface area (Å²) in [6, 6.07) is 0. The van der Waals surface area contributed by atoms with Gasteiger partial charge in [0.1, 0.15) is 0 Å². The first-order valence-electron chi connectivity index (χ1n) is 5.92. The zero-order valence-electron chi connectivity index (χ0n) is 10.8. The molecule has 1 rings (SSSR count). The molecule has 0 aromatic heterocycles. The summed E-state index contributed by atoms with van der Waals surface area (Å²) in [5, 5.41) is 12.6. The first-order valence-corrected chi connectivity index (χ1v) is 5.92. The van der Waals surface area contributed by atoms with Gasteiger partial charge in [-0.2, -0.15) is 0 Å². The van der Waals surface area contributed by atoms with Crippen LogP contribution >= 0.6 is 0 Å². The molecule has 0 heterocycles. The van der Waals surface area contributed by atoms with Crippen molar-refractivity contribution in [3.8, 4) is 0 Å². The molecule has 0 unspecified atom stereocenters. The van der Waals surface area contributed by atoms with Crippen molar-refractivity contribution in [3.63, 3.8) is 0 Å². The molecule has 92 valence electrons. The van der Waals surface area contributed by atoms with Gasteiger partial charge in [-0.3, -0.25) is 4.79 Å². The minimum atomic E-state index is -0.640. The van der Waals surface area contributed by atoms with Crippen LogP contribution in [0.1, 0.15) is 47.0 Å². The highest BCUT2D eigenvalue weighted by Gasteiger charge is 2.34. The van der Waals surface area contributed by atoms with E-state index in [0.29, 0.717) is 6.54 Å². The maximum Gasteiger partial charge on any atom is 0.244 e. The summed E-state index contributed by atoms with van der Waals surface area (Å²) in [7, 11) is 0. The third-order valence-electron chi connectivity index (χ3n) is 3.41. The lowest BCUT2D eigenvalue weighted by Gasteiger charge is -2.36. The Morgan fingerprint density at radius 3 is 2.38 bits per heavy atom. The lowest BCUT2D eigenvalue weighted by Crippen LogP contribution is -2.47. The van der Waals surface area contributed by atoms with E-state index in [2.05, 4.69) is 26.1 Å². The lowest BCUT2D eigenvalue weighted by atomic mass is 9.80. The Bertz CT molecular complexity index is 296. The number of carbonyl (C=O) groups excluding carboxylic acids is 1. The normalized spacial score (nSPS) is 20.2. The molecule has 0 spiro atoms. The van der Waals surface area contributed by atoms with Gasteiger partial charge in [0.05, 0.1) is 5.60 Å². The lowest BCUT2D eigenvalue weighted by molar-refractivity contribution is -0.119. The molecule has 0 aromatic rings. The van der Waals surface area contributed by atoms with Crippen molar-refractivity contribution in [2.24, 2.45) is 5.41 Å². The van der Waals surface area contributed by atoms with Crippen molar-refractivity contribution >= 4 is 5.91 Å². The molecule has 3 heteroatoms. The number of aliphatic hydroxyl groups is 1. The van der Waals surface area contributed by atoms with E-state index >= 15 is 0 Å². The summed E-state index contributed by atoms with van der Waals surface area (Å²) >= 11 is 0. The van der Waals surface area contributed by atoms with Gasteiger partial charge in [0, 0.05) is 12.6 Å². The maximum atomic E-state index is 11.6. The highest BCUT2D eigenvalue weighted by molar-refractivity contribution is 5.88. The smallest absolute Gasteiger partial charge is 0.244 e. The monoisotopic (exact) mass is 225 g/mol. The summed E-state index contributed by atoms with van der Waals surface area (Å²) in [5.74, 6) is -0.104. The van der Waals surface area contributed by atoms with E-state index < -0.39 is 5.60 Å².